The molecule has 2 heterocycles. The summed E-state index contributed by atoms with van der Waals surface area (Å²) in [6.07, 6.45) is 1.63. The summed E-state index contributed by atoms with van der Waals surface area (Å²) in [7, 11) is 0. The molecular weight excluding hydrogens is 332 g/mol. The van der Waals surface area contributed by atoms with E-state index in [0.717, 1.165) is 30.7 Å². The first-order chi connectivity index (χ1) is 12.6. The fraction of sp³-hybridized carbons (Fsp3) is 0.300. The van der Waals surface area contributed by atoms with Crippen molar-refractivity contribution < 1.29 is 19.4 Å². The summed E-state index contributed by atoms with van der Waals surface area (Å²) in [5.41, 5.74) is 2.50. The first-order valence-electron chi connectivity index (χ1n) is 8.75. The van der Waals surface area contributed by atoms with Gasteiger partial charge in [0.2, 0.25) is 0 Å². The van der Waals surface area contributed by atoms with Crippen LogP contribution in [0.2, 0.25) is 0 Å². The molecule has 2 aromatic carbocycles. The van der Waals surface area contributed by atoms with Crippen molar-refractivity contribution in [2.75, 3.05) is 18.5 Å². The maximum absolute atomic E-state index is 13.1. The largest absolute Gasteiger partial charge is 0.478 e. The van der Waals surface area contributed by atoms with Gasteiger partial charge >= 0.3 is 5.97 Å². The Morgan fingerprint density at radius 3 is 2.65 bits per heavy atom. The molecule has 0 aliphatic carbocycles. The van der Waals surface area contributed by atoms with Crippen LogP contribution in [0.4, 0.5) is 5.69 Å². The summed E-state index contributed by atoms with van der Waals surface area (Å²) in [4.78, 5) is 26.0. The molecule has 1 saturated heterocycles. The standard InChI is InChI=1S/C20H20N2O4/c23-19-16-5-1-2-6-17(16)21-18(22(19)12-15-4-3-11-26-15)13-7-9-14(10-8-13)20(24)25/h1-2,5-10,15,18,21H,3-4,11-12H2,(H,24,25)/t15-,18+/m1/s1. The van der Waals surface area contributed by atoms with Gasteiger partial charge < -0.3 is 20.1 Å². The van der Waals surface area contributed by atoms with Gasteiger partial charge in [-0.1, -0.05) is 24.3 Å². The van der Waals surface area contributed by atoms with E-state index in [-0.39, 0.29) is 23.7 Å². The minimum Gasteiger partial charge on any atom is -0.478 e. The number of hydrogen-bond acceptors (Lipinski definition) is 4. The Bertz CT molecular complexity index is 828. The van der Waals surface area contributed by atoms with Crippen molar-refractivity contribution in [1.29, 1.82) is 0 Å². The lowest BCUT2D eigenvalue weighted by Gasteiger charge is -2.39. The van der Waals surface area contributed by atoms with Crippen molar-refractivity contribution in [3.05, 3.63) is 65.2 Å². The van der Waals surface area contributed by atoms with Gasteiger partial charge in [-0.2, -0.15) is 0 Å². The fourth-order valence-corrected chi connectivity index (χ4v) is 3.56. The second-order valence-electron chi connectivity index (χ2n) is 6.61. The number of benzene rings is 2. The van der Waals surface area contributed by atoms with Crippen LogP contribution >= 0.6 is 0 Å². The molecule has 1 amide bonds. The minimum atomic E-state index is -0.967. The molecule has 0 spiro atoms. The maximum atomic E-state index is 13.1. The minimum absolute atomic E-state index is 0.0341. The lowest BCUT2D eigenvalue weighted by Crippen LogP contribution is -2.46. The Balaban J connectivity index is 1.69. The van der Waals surface area contributed by atoms with E-state index in [0.29, 0.717) is 12.1 Å². The molecule has 2 aliphatic rings. The molecule has 4 rings (SSSR count). The first kappa shape index (κ1) is 16.6. The summed E-state index contributed by atoms with van der Waals surface area (Å²) in [6, 6.07) is 14.1. The van der Waals surface area contributed by atoms with Crippen molar-refractivity contribution >= 4 is 17.6 Å². The van der Waals surface area contributed by atoms with Crippen LogP contribution < -0.4 is 5.32 Å². The Hall–Kier alpha value is -2.86. The van der Waals surface area contributed by atoms with Gasteiger partial charge in [-0.3, -0.25) is 4.79 Å². The van der Waals surface area contributed by atoms with E-state index >= 15 is 0 Å². The van der Waals surface area contributed by atoms with Gasteiger partial charge in [0.25, 0.3) is 5.91 Å². The zero-order chi connectivity index (χ0) is 18.1. The van der Waals surface area contributed by atoms with Crippen LogP contribution in [0.5, 0.6) is 0 Å². The third-order valence-electron chi connectivity index (χ3n) is 4.92. The van der Waals surface area contributed by atoms with E-state index in [4.69, 9.17) is 9.84 Å². The van der Waals surface area contributed by atoms with E-state index in [1.54, 1.807) is 29.2 Å². The molecule has 0 saturated carbocycles. The second kappa shape index (κ2) is 6.80. The number of carboxylic acid groups (broad SMARTS) is 1. The highest BCUT2D eigenvalue weighted by Crippen LogP contribution is 2.34. The van der Waals surface area contributed by atoms with Crippen molar-refractivity contribution in [3.8, 4) is 0 Å². The Morgan fingerprint density at radius 1 is 1.19 bits per heavy atom. The van der Waals surface area contributed by atoms with E-state index < -0.39 is 5.97 Å². The molecule has 0 radical (unpaired) electrons. The van der Waals surface area contributed by atoms with Crippen LogP contribution in [0.1, 0.15) is 45.3 Å². The highest BCUT2D eigenvalue weighted by Gasteiger charge is 2.35. The molecule has 6 heteroatoms. The molecule has 1 fully saturated rings. The predicted molar refractivity (Wildman–Crippen MR) is 96.2 cm³/mol. The predicted octanol–water partition coefficient (Wildman–Crippen LogP) is 3.13. The quantitative estimate of drug-likeness (QED) is 0.884. The number of carbonyl (C=O) groups is 2. The number of carbonyl (C=O) groups excluding carboxylic acids is 1. The molecule has 0 aromatic heterocycles. The molecular formula is C20H20N2O4. The molecule has 0 unspecified atom stereocenters. The van der Waals surface area contributed by atoms with Crippen LogP contribution in [0, 0.1) is 0 Å². The number of fused-ring (bicyclic) bond motifs is 1. The first-order valence-corrected chi connectivity index (χ1v) is 8.75. The number of amides is 1. The second-order valence-corrected chi connectivity index (χ2v) is 6.61. The molecule has 2 aromatic rings. The summed E-state index contributed by atoms with van der Waals surface area (Å²) in [5, 5.41) is 12.5. The van der Waals surface area contributed by atoms with Gasteiger partial charge in [0, 0.05) is 18.8 Å². The third kappa shape index (κ3) is 3.04. The number of rotatable bonds is 4. The smallest absolute Gasteiger partial charge is 0.335 e. The summed E-state index contributed by atoms with van der Waals surface area (Å²) >= 11 is 0. The number of anilines is 1. The topological polar surface area (TPSA) is 78.9 Å². The molecule has 134 valence electrons. The summed E-state index contributed by atoms with van der Waals surface area (Å²) in [6.45, 7) is 1.24. The highest BCUT2D eigenvalue weighted by atomic mass is 16.5. The highest BCUT2D eigenvalue weighted by molar-refractivity contribution is 6.01. The van der Waals surface area contributed by atoms with Crippen LogP contribution in [0.3, 0.4) is 0 Å². The normalized spacial score (nSPS) is 22.0. The number of aromatic carboxylic acids is 1. The SMILES string of the molecule is O=C(O)c1ccc([C@H]2Nc3ccccc3C(=O)N2C[C@H]2CCCO2)cc1. The van der Waals surface area contributed by atoms with Crippen molar-refractivity contribution in [2.45, 2.75) is 25.1 Å². The van der Waals surface area contributed by atoms with Crippen LogP contribution in [-0.4, -0.2) is 41.1 Å². The summed E-state index contributed by atoms with van der Waals surface area (Å²) in [5.74, 6) is -1.01. The Kier molecular flexibility index (Phi) is 4.34. The number of ether oxygens (including phenoxy) is 1. The average Bonchev–Trinajstić information content (AvgIpc) is 3.17. The van der Waals surface area contributed by atoms with E-state index in [2.05, 4.69) is 5.32 Å². The van der Waals surface area contributed by atoms with Crippen LogP contribution in [0.25, 0.3) is 0 Å². The number of hydrogen-bond donors (Lipinski definition) is 2. The van der Waals surface area contributed by atoms with Crippen LogP contribution in [-0.2, 0) is 4.74 Å². The van der Waals surface area contributed by atoms with Gasteiger partial charge in [-0.25, -0.2) is 4.79 Å². The van der Waals surface area contributed by atoms with E-state index in [1.807, 2.05) is 24.3 Å². The van der Waals surface area contributed by atoms with E-state index in [1.165, 1.54) is 0 Å². The van der Waals surface area contributed by atoms with Gasteiger partial charge in [-0.15, -0.1) is 0 Å². The Morgan fingerprint density at radius 2 is 1.96 bits per heavy atom. The van der Waals surface area contributed by atoms with Gasteiger partial charge in [0.05, 0.1) is 17.2 Å². The lowest BCUT2D eigenvalue weighted by molar-refractivity contribution is 0.0426. The van der Waals surface area contributed by atoms with Crippen molar-refractivity contribution in [3.63, 3.8) is 0 Å². The zero-order valence-electron chi connectivity index (χ0n) is 14.2. The zero-order valence-corrected chi connectivity index (χ0v) is 14.2. The number of nitrogens with zero attached hydrogens (tertiary/aromatic N) is 1. The van der Waals surface area contributed by atoms with Gasteiger partial charge in [0.1, 0.15) is 6.17 Å². The maximum Gasteiger partial charge on any atom is 0.335 e. The van der Waals surface area contributed by atoms with Gasteiger partial charge in [-0.05, 0) is 42.7 Å². The number of carboxylic acids is 1. The van der Waals surface area contributed by atoms with Crippen LogP contribution in [0.15, 0.2) is 48.5 Å². The third-order valence-corrected chi connectivity index (χ3v) is 4.92. The molecule has 2 atom stereocenters. The number of para-hydroxylation sites is 1. The molecule has 0 bridgehead atoms. The fourth-order valence-electron chi connectivity index (χ4n) is 3.56. The van der Waals surface area contributed by atoms with Crippen molar-refractivity contribution in [2.24, 2.45) is 0 Å². The molecule has 6 nitrogen and oxygen atoms in total. The molecule has 2 N–H and O–H groups in total. The van der Waals surface area contributed by atoms with Gasteiger partial charge in [0.15, 0.2) is 0 Å². The van der Waals surface area contributed by atoms with Crippen molar-refractivity contribution in [1.82, 2.24) is 4.90 Å². The van der Waals surface area contributed by atoms with E-state index in [9.17, 15) is 9.59 Å². The monoisotopic (exact) mass is 352 g/mol. The molecule has 26 heavy (non-hydrogen) atoms. The number of nitrogens with one attached hydrogen (secondary N) is 1. The summed E-state index contributed by atoms with van der Waals surface area (Å²) < 4.78 is 5.73. The average molecular weight is 352 g/mol. The lowest BCUT2D eigenvalue weighted by atomic mass is 10.0. The Labute approximate surface area is 151 Å². The molecule has 2 aliphatic heterocycles.